The van der Waals surface area contributed by atoms with Gasteiger partial charge in [-0.25, -0.2) is 4.98 Å². The van der Waals surface area contributed by atoms with Crippen molar-refractivity contribution in [2.24, 2.45) is 5.92 Å². The Balaban J connectivity index is 2.26. The minimum atomic E-state index is 0.880. The zero-order valence-corrected chi connectivity index (χ0v) is 7.88. The van der Waals surface area contributed by atoms with E-state index in [2.05, 4.69) is 23.4 Å². The van der Waals surface area contributed by atoms with Gasteiger partial charge in [0.2, 0.25) is 0 Å². The highest BCUT2D eigenvalue weighted by Gasteiger charge is 2.18. The van der Waals surface area contributed by atoms with Gasteiger partial charge >= 0.3 is 0 Å². The van der Waals surface area contributed by atoms with Crippen LogP contribution < -0.4 is 0 Å². The van der Waals surface area contributed by atoms with Gasteiger partial charge in [0, 0.05) is 18.4 Å². The Labute approximate surface area is 73.6 Å². The number of aryl methyl sites for hydroxylation is 2. The Morgan fingerprint density at radius 1 is 1.67 bits per heavy atom. The average Bonchev–Trinajstić information content (AvgIpc) is 2.47. The van der Waals surface area contributed by atoms with E-state index in [1.165, 1.54) is 37.3 Å². The quantitative estimate of drug-likeness (QED) is 0.622. The molecule has 0 radical (unpaired) electrons. The van der Waals surface area contributed by atoms with Gasteiger partial charge in [-0.15, -0.1) is 0 Å². The molecule has 0 spiro atoms. The Hall–Kier alpha value is -0.790. The largest absolute Gasteiger partial charge is 0.332 e. The maximum atomic E-state index is 4.33. The first-order chi connectivity index (χ1) is 5.81. The molecule has 1 aromatic rings. The fourth-order valence-electron chi connectivity index (χ4n) is 2.00. The molecule has 0 fully saturated rings. The molecular formula is C10H16N2. The predicted octanol–water partition coefficient (Wildman–Crippen LogP) is 2.16. The lowest BCUT2D eigenvalue weighted by Crippen LogP contribution is -2.19. The van der Waals surface area contributed by atoms with E-state index in [0.29, 0.717) is 0 Å². The fourth-order valence-corrected chi connectivity index (χ4v) is 2.00. The van der Waals surface area contributed by atoms with Crippen LogP contribution in [0.2, 0.25) is 0 Å². The van der Waals surface area contributed by atoms with Crippen molar-refractivity contribution < 1.29 is 0 Å². The lowest BCUT2D eigenvalue weighted by molar-refractivity contribution is 0.356. The summed E-state index contributed by atoms with van der Waals surface area (Å²) in [6.45, 7) is 5.57. The molecule has 12 heavy (non-hydrogen) atoms. The SMILES string of the molecule is CCC1CCc2cnc(C)n2C1. The second kappa shape index (κ2) is 2.92. The summed E-state index contributed by atoms with van der Waals surface area (Å²) in [6, 6.07) is 0. The van der Waals surface area contributed by atoms with Crippen molar-refractivity contribution in [3.8, 4) is 0 Å². The third kappa shape index (κ3) is 1.15. The summed E-state index contributed by atoms with van der Waals surface area (Å²) in [4.78, 5) is 4.33. The van der Waals surface area contributed by atoms with Gasteiger partial charge < -0.3 is 4.57 Å². The number of hydrogen-bond donors (Lipinski definition) is 0. The molecule has 1 aliphatic rings. The molecular weight excluding hydrogens is 148 g/mol. The monoisotopic (exact) mass is 164 g/mol. The van der Waals surface area contributed by atoms with Crippen molar-refractivity contribution in [2.45, 2.75) is 39.7 Å². The van der Waals surface area contributed by atoms with Crippen LogP contribution in [0.25, 0.3) is 0 Å². The summed E-state index contributed by atoms with van der Waals surface area (Å²) >= 11 is 0. The summed E-state index contributed by atoms with van der Waals surface area (Å²) in [5.74, 6) is 2.06. The molecule has 66 valence electrons. The third-order valence-corrected chi connectivity index (χ3v) is 2.96. The molecule has 0 bridgehead atoms. The zero-order valence-electron chi connectivity index (χ0n) is 7.88. The third-order valence-electron chi connectivity index (χ3n) is 2.96. The van der Waals surface area contributed by atoms with Crippen LogP contribution in [0.4, 0.5) is 0 Å². The minimum absolute atomic E-state index is 0.880. The van der Waals surface area contributed by atoms with E-state index in [4.69, 9.17) is 0 Å². The summed E-state index contributed by atoms with van der Waals surface area (Å²) in [7, 11) is 0. The number of nitrogens with zero attached hydrogens (tertiary/aromatic N) is 2. The molecule has 0 saturated carbocycles. The van der Waals surface area contributed by atoms with E-state index in [0.717, 1.165) is 5.92 Å². The molecule has 0 aliphatic carbocycles. The molecule has 0 aromatic carbocycles. The second-order valence-electron chi connectivity index (χ2n) is 3.72. The highest BCUT2D eigenvalue weighted by molar-refractivity contribution is 5.07. The van der Waals surface area contributed by atoms with Gasteiger partial charge in [0.1, 0.15) is 5.82 Å². The molecule has 1 atom stereocenters. The van der Waals surface area contributed by atoms with E-state index in [1.54, 1.807) is 0 Å². The van der Waals surface area contributed by atoms with E-state index in [1.807, 2.05) is 6.20 Å². The van der Waals surface area contributed by atoms with Crippen LogP contribution in [0.3, 0.4) is 0 Å². The van der Waals surface area contributed by atoms with E-state index in [-0.39, 0.29) is 0 Å². The van der Waals surface area contributed by atoms with E-state index < -0.39 is 0 Å². The van der Waals surface area contributed by atoms with Crippen molar-refractivity contribution in [1.82, 2.24) is 9.55 Å². The van der Waals surface area contributed by atoms with Gasteiger partial charge in [0.15, 0.2) is 0 Å². The van der Waals surface area contributed by atoms with Crippen LogP contribution in [0.1, 0.15) is 31.3 Å². The van der Waals surface area contributed by atoms with Crippen LogP contribution >= 0.6 is 0 Å². The smallest absolute Gasteiger partial charge is 0.105 e. The molecule has 0 N–H and O–H groups in total. The molecule has 0 amide bonds. The molecule has 1 aromatic heterocycles. The summed E-state index contributed by atoms with van der Waals surface area (Å²) in [5, 5.41) is 0. The lowest BCUT2D eigenvalue weighted by atomic mass is 9.96. The molecule has 1 aliphatic heterocycles. The second-order valence-corrected chi connectivity index (χ2v) is 3.72. The molecule has 1 unspecified atom stereocenters. The first-order valence-electron chi connectivity index (χ1n) is 4.82. The standard InChI is InChI=1S/C10H16N2/c1-3-9-4-5-10-6-11-8(2)12(10)7-9/h6,9H,3-5,7H2,1-2H3. The molecule has 2 heteroatoms. The van der Waals surface area contributed by atoms with Crippen LogP contribution in [-0.2, 0) is 13.0 Å². The molecule has 2 heterocycles. The maximum absolute atomic E-state index is 4.33. The molecule has 2 rings (SSSR count). The number of imidazole rings is 1. The zero-order chi connectivity index (χ0) is 8.55. The number of hydrogen-bond acceptors (Lipinski definition) is 1. The van der Waals surface area contributed by atoms with Crippen molar-refractivity contribution in [3.05, 3.63) is 17.7 Å². The van der Waals surface area contributed by atoms with Crippen molar-refractivity contribution in [1.29, 1.82) is 0 Å². The first kappa shape index (κ1) is 7.84. The van der Waals surface area contributed by atoms with E-state index in [9.17, 15) is 0 Å². The predicted molar refractivity (Wildman–Crippen MR) is 49.1 cm³/mol. The maximum Gasteiger partial charge on any atom is 0.105 e. The summed E-state index contributed by atoms with van der Waals surface area (Å²) in [5.41, 5.74) is 1.43. The Kier molecular flexibility index (Phi) is 1.91. The molecule has 2 nitrogen and oxygen atoms in total. The Morgan fingerprint density at radius 2 is 2.50 bits per heavy atom. The van der Waals surface area contributed by atoms with Crippen LogP contribution in [0, 0.1) is 12.8 Å². The Morgan fingerprint density at radius 3 is 3.25 bits per heavy atom. The number of fused-ring (bicyclic) bond motifs is 1. The van der Waals surface area contributed by atoms with Crippen molar-refractivity contribution in [3.63, 3.8) is 0 Å². The van der Waals surface area contributed by atoms with Gasteiger partial charge in [0.25, 0.3) is 0 Å². The van der Waals surface area contributed by atoms with Crippen LogP contribution in [-0.4, -0.2) is 9.55 Å². The number of rotatable bonds is 1. The molecule has 0 saturated heterocycles. The van der Waals surface area contributed by atoms with E-state index >= 15 is 0 Å². The van der Waals surface area contributed by atoms with Gasteiger partial charge in [0.05, 0.1) is 0 Å². The number of aromatic nitrogens is 2. The fraction of sp³-hybridized carbons (Fsp3) is 0.700. The summed E-state index contributed by atoms with van der Waals surface area (Å²) in [6.07, 6.45) is 5.90. The van der Waals surface area contributed by atoms with Gasteiger partial charge in [-0.05, 0) is 25.7 Å². The highest BCUT2D eigenvalue weighted by atomic mass is 15.1. The Bertz CT molecular complexity index is 275. The summed E-state index contributed by atoms with van der Waals surface area (Å²) < 4.78 is 2.37. The van der Waals surface area contributed by atoms with Crippen LogP contribution in [0.15, 0.2) is 6.20 Å². The van der Waals surface area contributed by atoms with Gasteiger partial charge in [-0.2, -0.15) is 0 Å². The average molecular weight is 164 g/mol. The van der Waals surface area contributed by atoms with Gasteiger partial charge in [-0.1, -0.05) is 13.3 Å². The topological polar surface area (TPSA) is 17.8 Å². The van der Waals surface area contributed by atoms with Crippen LogP contribution in [0.5, 0.6) is 0 Å². The highest BCUT2D eigenvalue weighted by Crippen LogP contribution is 2.22. The van der Waals surface area contributed by atoms with Crippen molar-refractivity contribution >= 4 is 0 Å². The normalized spacial score (nSPS) is 22.3. The van der Waals surface area contributed by atoms with Gasteiger partial charge in [-0.3, -0.25) is 0 Å². The lowest BCUT2D eigenvalue weighted by Gasteiger charge is -2.23. The van der Waals surface area contributed by atoms with Crippen molar-refractivity contribution in [2.75, 3.05) is 0 Å². The first-order valence-corrected chi connectivity index (χ1v) is 4.82. The minimum Gasteiger partial charge on any atom is -0.332 e.